The lowest BCUT2D eigenvalue weighted by Gasteiger charge is -2.37. The van der Waals surface area contributed by atoms with E-state index in [2.05, 4.69) is 12.2 Å². The van der Waals surface area contributed by atoms with Gasteiger partial charge >= 0.3 is 0 Å². The molecule has 0 N–H and O–H groups in total. The standard InChI is InChI=1S/C22H30FN3O2/c1-24(2)16-21(27)25-13-10-18(11-14-25)20-5-3-4-12-26(22(20)28)15-17-6-8-19(23)9-7-17/h3-4,6-9,18,20H,5,10-16H2,1-2H3. The number of halogens is 1. The Hall–Kier alpha value is -2.21. The van der Waals surface area contributed by atoms with Crippen LogP contribution in [-0.2, 0) is 16.1 Å². The van der Waals surface area contributed by atoms with Crippen LogP contribution in [0.2, 0.25) is 0 Å². The summed E-state index contributed by atoms with van der Waals surface area (Å²) in [5.74, 6) is 0.333. The fourth-order valence-corrected chi connectivity index (χ4v) is 4.14. The third-order valence-electron chi connectivity index (χ3n) is 5.71. The van der Waals surface area contributed by atoms with Gasteiger partial charge in [0.1, 0.15) is 5.82 Å². The minimum absolute atomic E-state index is 0.0368. The lowest BCUT2D eigenvalue weighted by Crippen LogP contribution is -2.46. The van der Waals surface area contributed by atoms with Gasteiger partial charge in [0.2, 0.25) is 11.8 Å². The zero-order valence-corrected chi connectivity index (χ0v) is 16.8. The summed E-state index contributed by atoms with van der Waals surface area (Å²) in [5.41, 5.74) is 0.938. The van der Waals surface area contributed by atoms with Crippen LogP contribution in [0.3, 0.4) is 0 Å². The van der Waals surface area contributed by atoms with E-state index < -0.39 is 0 Å². The number of likely N-dealkylation sites (N-methyl/N-ethyl adjacent to an activating group) is 1. The van der Waals surface area contributed by atoms with E-state index in [0.29, 0.717) is 25.6 Å². The molecule has 1 atom stereocenters. The SMILES string of the molecule is CN(C)CC(=O)N1CCC(C2CC=CCN(Cc3ccc(F)cc3)C2=O)CC1. The van der Waals surface area contributed by atoms with Crippen molar-refractivity contribution in [2.75, 3.05) is 40.3 Å². The van der Waals surface area contributed by atoms with Gasteiger partial charge in [0.25, 0.3) is 0 Å². The van der Waals surface area contributed by atoms with Crippen molar-refractivity contribution < 1.29 is 14.0 Å². The van der Waals surface area contributed by atoms with Crippen molar-refractivity contribution >= 4 is 11.8 Å². The molecule has 152 valence electrons. The molecule has 3 rings (SSSR count). The molecule has 6 heteroatoms. The van der Waals surface area contributed by atoms with Crippen LogP contribution >= 0.6 is 0 Å². The Morgan fingerprint density at radius 3 is 2.46 bits per heavy atom. The number of benzene rings is 1. The maximum atomic E-state index is 13.2. The first-order chi connectivity index (χ1) is 13.4. The molecule has 0 bridgehead atoms. The van der Waals surface area contributed by atoms with Gasteiger partial charge in [-0.05, 0) is 57.0 Å². The van der Waals surface area contributed by atoms with Gasteiger partial charge in [-0.1, -0.05) is 24.3 Å². The number of rotatable bonds is 5. The van der Waals surface area contributed by atoms with Crippen LogP contribution in [0.15, 0.2) is 36.4 Å². The maximum absolute atomic E-state index is 13.2. The van der Waals surface area contributed by atoms with Crippen molar-refractivity contribution in [1.82, 2.24) is 14.7 Å². The first-order valence-corrected chi connectivity index (χ1v) is 10.0. The number of carbonyl (C=O) groups is 2. The second-order valence-corrected chi connectivity index (χ2v) is 8.11. The Balaban J connectivity index is 1.60. The summed E-state index contributed by atoms with van der Waals surface area (Å²) in [7, 11) is 3.80. The predicted octanol–water partition coefficient (Wildman–Crippen LogP) is 2.53. The highest BCUT2D eigenvalue weighted by Gasteiger charge is 2.34. The summed E-state index contributed by atoms with van der Waals surface area (Å²) >= 11 is 0. The fraction of sp³-hybridized carbons (Fsp3) is 0.545. The molecule has 1 aromatic rings. The summed E-state index contributed by atoms with van der Waals surface area (Å²) < 4.78 is 13.1. The number of hydrogen-bond donors (Lipinski definition) is 0. The summed E-state index contributed by atoms with van der Waals surface area (Å²) in [4.78, 5) is 31.1. The highest BCUT2D eigenvalue weighted by Crippen LogP contribution is 2.31. The Morgan fingerprint density at radius 2 is 1.82 bits per heavy atom. The Bertz CT molecular complexity index is 709. The molecule has 5 nitrogen and oxygen atoms in total. The molecule has 1 fully saturated rings. The van der Waals surface area contributed by atoms with Gasteiger partial charge in [-0.15, -0.1) is 0 Å². The van der Waals surface area contributed by atoms with E-state index in [1.54, 1.807) is 12.1 Å². The molecule has 0 radical (unpaired) electrons. The number of allylic oxidation sites excluding steroid dienone is 1. The molecule has 1 aromatic carbocycles. The van der Waals surface area contributed by atoms with E-state index in [4.69, 9.17) is 0 Å². The normalized spacial score (nSPS) is 21.3. The number of nitrogens with zero attached hydrogens (tertiary/aromatic N) is 3. The van der Waals surface area contributed by atoms with E-state index in [0.717, 1.165) is 37.9 Å². The molecule has 2 amide bonds. The van der Waals surface area contributed by atoms with Crippen LogP contribution in [0.1, 0.15) is 24.8 Å². The molecule has 1 unspecified atom stereocenters. The number of carbonyl (C=O) groups excluding carboxylic acids is 2. The largest absolute Gasteiger partial charge is 0.342 e. The van der Waals surface area contributed by atoms with Gasteiger partial charge in [0.05, 0.1) is 6.54 Å². The van der Waals surface area contributed by atoms with Crippen molar-refractivity contribution in [3.05, 3.63) is 47.8 Å². The molecule has 0 aliphatic carbocycles. The molecule has 2 aliphatic rings. The van der Waals surface area contributed by atoms with Gasteiger partial charge in [-0.25, -0.2) is 4.39 Å². The fourth-order valence-electron chi connectivity index (χ4n) is 4.14. The van der Waals surface area contributed by atoms with Crippen molar-refractivity contribution in [3.63, 3.8) is 0 Å². The Morgan fingerprint density at radius 1 is 1.14 bits per heavy atom. The topological polar surface area (TPSA) is 43.9 Å². The molecule has 2 heterocycles. The summed E-state index contributed by atoms with van der Waals surface area (Å²) in [5, 5.41) is 0. The minimum Gasteiger partial charge on any atom is -0.342 e. The molecule has 0 spiro atoms. The molecule has 2 aliphatic heterocycles. The Labute approximate surface area is 166 Å². The smallest absolute Gasteiger partial charge is 0.236 e. The zero-order valence-electron chi connectivity index (χ0n) is 16.8. The molecular weight excluding hydrogens is 357 g/mol. The van der Waals surface area contributed by atoms with Crippen LogP contribution < -0.4 is 0 Å². The van der Waals surface area contributed by atoms with Crippen molar-refractivity contribution in [3.8, 4) is 0 Å². The molecule has 0 saturated carbocycles. The second kappa shape index (κ2) is 9.32. The maximum Gasteiger partial charge on any atom is 0.236 e. The molecule has 0 aromatic heterocycles. The van der Waals surface area contributed by atoms with E-state index in [9.17, 15) is 14.0 Å². The average Bonchev–Trinajstić information content (AvgIpc) is 2.85. The van der Waals surface area contributed by atoms with Gasteiger partial charge in [0, 0.05) is 32.1 Å². The van der Waals surface area contributed by atoms with Gasteiger partial charge in [-0.2, -0.15) is 0 Å². The van der Waals surface area contributed by atoms with Crippen LogP contribution in [0, 0.1) is 17.7 Å². The van der Waals surface area contributed by atoms with Crippen molar-refractivity contribution in [1.29, 1.82) is 0 Å². The van der Waals surface area contributed by atoms with E-state index in [1.807, 2.05) is 28.8 Å². The highest BCUT2D eigenvalue weighted by molar-refractivity contribution is 5.80. The van der Waals surface area contributed by atoms with Crippen LogP contribution in [-0.4, -0.2) is 66.8 Å². The van der Waals surface area contributed by atoms with Crippen LogP contribution in [0.25, 0.3) is 0 Å². The highest BCUT2D eigenvalue weighted by atomic mass is 19.1. The quantitative estimate of drug-likeness (QED) is 0.730. The van der Waals surface area contributed by atoms with Gasteiger partial charge in [-0.3, -0.25) is 9.59 Å². The average molecular weight is 387 g/mol. The predicted molar refractivity (Wildman–Crippen MR) is 107 cm³/mol. The summed E-state index contributed by atoms with van der Waals surface area (Å²) in [6.07, 6.45) is 6.66. The number of hydrogen-bond acceptors (Lipinski definition) is 3. The molecular formula is C22H30FN3O2. The van der Waals surface area contributed by atoms with Crippen LogP contribution in [0.5, 0.6) is 0 Å². The van der Waals surface area contributed by atoms with Crippen molar-refractivity contribution in [2.24, 2.45) is 11.8 Å². The lowest BCUT2D eigenvalue weighted by atomic mass is 9.81. The first kappa shape index (κ1) is 20.5. The third-order valence-corrected chi connectivity index (χ3v) is 5.71. The second-order valence-electron chi connectivity index (χ2n) is 8.11. The number of piperidine rings is 1. The number of amides is 2. The van der Waals surface area contributed by atoms with Gasteiger partial charge < -0.3 is 14.7 Å². The van der Waals surface area contributed by atoms with E-state index in [-0.39, 0.29) is 23.5 Å². The minimum atomic E-state index is -0.265. The monoisotopic (exact) mass is 387 g/mol. The Kier molecular flexibility index (Phi) is 6.83. The van der Waals surface area contributed by atoms with E-state index in [1.165, 1.54) is 12.1 Å². The van der Waals surface area contributed by atoms with Crippen LogP contribution in [0.4, 0.5) is 4.39 Å². The number of likely N-dealkylation sites (tertiary alicyclic amines) is 1. The van der Waals surface area contributed by atoms with Crippen molar-refractivity contribution in [2.45, 2.75) is 25.8 Å². The summed E-state index contributed by atoms with van der Waals surface area (Å²) in [6, 6.07) is 6.35. The molecule has 1 saturated heterocycles. The first-order valence-electron chi connectivity index (χ1n) is 10.0. The molecule has 28 heavy (non-hydrogen) atoms. The van der Waals surface area contributed by atoms with Gasteiger partial charge in [0.15, 0.2) is 0 Å². The van der Waals surface area contributed by atoms with E-state index >= 15 is 0 Å². The third kappa shape index (κ3) is 5.19. The summed E-state index contributed by atoms with van der Waals surface area (Å²) in [6.45, 7) is 2.97. The lowest BCUT2D eigenvalue weighted by molar-refractivity contribution is -0.138. The zero-order chi connectivity index (χ0) is 20.1.